The van der Waals surface area contributed by atoms with Crippen molar-refractivity contribution in [2.24, 2.45) is 73.8 Å². The van der Waals surface area contributed by atoms with Crippen molar-refractivity contribution in [2.45, 2.75) is 270 Å². The first-order valence-corrected chi connectivity index (χ1v) is 35.2. The molecule has 0 heterocycles. The van der Waals surface area contributed by atoms with Gasteiger partial charge in [-0.2, -0.15) is 0 Å². The predicted octanol–water partition coefficient (Wildman–Crippen LogP) is -2.48. The molecule has 0 aromatic heterocycles. The second kappa shape index (κ2) is 47.7. The molecule has 0 rings (SSSR count). The molecule has 0 radical (unpaired) electrons. The number of primary amides is 3. The molecule has 0 fully saturated rings. The summed E-state index contributed by atoms with van der Waals surface area (Å²) >= 11 is 0. The predicted molar refractivity (Wildman–Crippen MR) is 390 cm³/mol. The third-order valence-corrected chi connectivity index (χ3v) is 16.7. The summed E-state index contributed by atoms with van der Waals surface area (Å²) in [5.41, 5.74) is 35.4. The summed E-state index contributed by atoms with van der Waals surface area (Å²) in [4.78, 5) is 201. The van der Waals surface area contributed by atoms with Gasteiger partial charge in [-0.05, 0) is 141 Å². The van der Waals surface area contributed by atoms with Gasteiger partial charge < -0.3 is 104 Å². The molecule has 35 heteroatoms. The van der Waals surface area contributed by atoms with E-state index in [1.807, 2.05) is 13.8 Å². The SMILES string of the molecule is C=CCCC[C@](C)(NC(=O)[C@H](CCCN=C(N)N)NC(=O)[C@H](CCC(N)=O)NC(=O)[C@@H](NC(=O)[C@](C)(CCCC=C)NC(=O)[C@H](CCCN=C(N)N)NC(=O)[C@H](CC(C)C)NC(=O)[C@@H](NC(=O)[C@H](CCC(N)=O)NC(=O)[C@H](CC(C)C)NC(C)=O)[C@@H](C)O)[C@@H](C)CC)C(=O)N[C@@H](CC(C)C)C(N)=O. The van der Waals surface area contributed by atoms with E-state index in [1.54, 1.807) is 53.7 Å². The molecule has 103 heavy (non-hydrogen) atoms. The number of nitrogens with zero attached hydrogens (tertiary/aromatic N) is 2. The number of aliphatic imine (C=N–C) groups is 2. The molecule has 0 aromatic carbocycles. The topological polar surface area (TPSA) is 598 Å². The van der Waals surface area contributed by atoms with Gasteiger partial charge in [0.2, 0.25) is 82.7 Å². The van der Waals surface area contributed by atoms with Gasteiger partial charge in [0.05, 0.1) is 6.10 Å². The Morgan fingerprint density at radius 3 is 1.12 bits per heavy atom. The average Bonchev–Trinajstić information content (AvgIpc) is 0.827. The van der Waals surface area contributed by atoms with Crippen molar-refractivity contribution in [3.63, 3.8) is 0 Å². The number of carbonyl (C=O) groups is 14. The van der Waals surface area contributed by atoms with E-state index in [0.717, 1.165) is 0 Å². The number of aliphatic hydroxyl groups excluding tert-OH is 1. The van der Waals surface area contributed by atoms with E-state index in [4.69, 9.17) is 40.1 Å². The minimum atomic E-state index is -1.91. The summed E-state index contributed by atoms with van der Waals surface area (Å²) in [6.45, 7) is 26.7. The van der Waals surface area contributed by atoms with Crippen LogP contribution in [0.15, 0.2) is 35.3 Å². The summed E-state index contributed by atoms with van der Waals surface area (Å²) in [5.74, 6) is -14.0. The molecule has 0 aromatic rings. The zero-order chi connectivity index (χ0) is 79.1. The first kappa shape index (κ1) is 93.6. The van der Waals surface area contributed by atoms with Gasteiger partial charge in [0.25, 0.3) is 0 Å². The second-order valence-electron chi connectivity index (χ2n) is 27.9. The quantitative estimate of drug-likeness (QED) is 0.0130. The zero-order valence-electron chi connectivity index (χ0n) is 62.4. The van der Waals surface area contributed by atoms with Gasteiger partial charge in [-0.15, -0.1) is 13.2 Å². The monoisotopic (exact) mass is 1460 g/mol. The molecular formula is C68H122N20O15. The Morgan fingerprint density at radius 1 is 0.427 bits per heavy atom. The third-order valence-electron chi connectivity index (χ3n) is 16.7. The third kappa shape index (κ3) is 37.4. The lowest BCUT2D eigenvalue weighted by Crippen LogP contribution is -2.65. The number of guanidine groups is 2. The Labute approximate surface area is 605 Å². The molecule has 584 valence electrons. The molecular weight excluding hydrogens is 1340 g/mol. The number of carbonyl (C=O) groups excluding carboxylic acids is 14. The first-order chi connectivity index (χ1) is 48.0. The Balaban J connectivity index is 7.60. The maximum atomic E-state index is 15.0. The van der Waals surface area contributed by atoms with Crippen molar-refractivity contribution in [3.8, 4) is 0 Å². The van der Waals surface area contributed by atoms with E-state index >= 15 is 4.79 Å². The number of nitrogens with two attached hydrogens (primary N) is 7. The molecule has 0 aliphatic carbocycles. The number of rotatable bonds is 53. The van der Waals surface area contributed by atoms with E-state index in [9.17, 15) is 67.4 Å². The average molecular weight is 1460 g/mol. The number of amides is 14. The Morgan fingerprint density at radius 2 is 0.767 bits per heavy atom. The van der Waals surface area contributed by atoms with Crippen LogP contribution < -0.4 is 98.6 Å². The summed E-state index contributed by atoms with van der Waals surface area (Å²) in [7, 11) is 0. The van der Waals surface area contributed by atoms with E-state index in [1.165, 1.54) is 27.7 Å². The van der Waals surface area contributed by atoms with Crippen molar-refractivity contribution < 1.29 is 72.2 Å². The van der Waals surface area contributed by atoms with Crippen LogP contribution in [-0.4, -0.2) is 184 Å². The molecule has 13 atom stereocenters. The van der Waals surface area contributed by atoms with Gasteiger partial charge in [0, 0.05) is 32.9 Å². The van der Waals surface area contributed by atoms with Crippen LogP contribution >= 0.6 is 0 Å². The standard InChI is InChI=1S/C68H122N20O15/c1-15-18-20-30-67(13,63(102)84-47(54(71)93)34-37(4)5)87-59(98)43(24-22-32-76-65(72)73)79-55(94)45(26-28-50(69)91)82-61(100)52(40(10)17-3)86-64(103)68(14,31-21-19-16-2)88-60(99)44(25-23-33-77-66(74)75)80-58(97)49(36-39(8)9)83-62(101)53(41(11)89)85-56(95)46(27-29-51(70)92)81-57(96)48(35-38(6)7)78-42(12)90/h15-16,37-41,43-49,52-53,89H,1-2,17-36H2,3-14H3,(H2,69,91)(H2,70,92)(H2,71,93)(H,78,90)(H,79,94)(H,80,97)(H,81,96)(H,82,100)(H,83,101)(H,84,102)(H,85,95)(H,86,103)(H,87,98)(H,88,99)(H4,72,73,76)(H4,74,75,77)/t40-,41+,43-,44-,45-,46-,47-,48-,49-,52-,53-,67-,68-/m0/s1. The highest BCUT2D eigenvalue weighted by atomic mass is 16.3. The van der Waals surface area contributed by atoms with E-state index in [-0.39, 0.29) is 120 Å². The minimum Gasteiger partial charge on any atom is -0.391 e. The van der Waals surface area contributed by atoms with Crippen LogP contribution in [0.4, 0.5) is 0 Å². The molecule has 0 bridgehead atoms. The van der Waals surface area contributed by atoms with Crippen molar-refractivity contribution in [1.82, 2.24) is 58.5 Å². The van der Waals surface area contributed by atoms with Gasteiger partial charge in [-0.3, -0.25) is 77.1 Å². The van der Waals surface area contributed by atoms with Crippen LogP contribution in [0.3, 0.4) is 0 Å². The molecule has 0 aliphatic heterocycles. The number of nitrogens with one attached hydrogen (secondary N) is 11. The summed E-state index contributed by atoms with van der Waals surface area (Å²) in [6.07, 6.45) is 1.48. The molecule has 0 unspecified atom stereocenters. The Bertz CT molecular complexity index is 2940. The molecule has 14 amide bonds. The highest BCUT2D eigenvalue weighted by molar-refractivity contribution is 6.01. The molecule has 0 saturated heterocycles. The number of hydrogen-bond donors (Lipinski definition) is 19. The van der Waals surface area contributed by atoms with Gasteiger partial charge in [0.1, 0.15) is 65.5 Å². The highest BCUT2D eigenvalue weighted by Crippen LogP contribution is 2.21. The maximum absolute atomic E-state index is 15.0. The van der Waals surface area contributed by atoms with Gasteiger partial charge in [0.15, 0.2) is 11.9 Å². The van der Waals surface area contributed by atoms with Gasteiger partial charge >= 0.3 is 0 Å². The maximum Gasteiger partial charge on any atom is 0.246 e. The summed E-state index contributed by atoms with van der Waals surface area (Å²) in [5, 5.41) is 39.8. The van der Waals surface area contributed by atoms with Crippen molar-refractivity contribution in [2.75, 3.05) is 13.1 Å². The van der Waals surface area contributed by atoms with E-state index in [2.05, 4.69) is 81.6 Å². The smallest absolute Gasteiger partial charge is 0.246 e. The lowest BCUT2D eigenvalue weighted by molar-refractivity contribution is -0.139. The lowest BCUT2D eigenvalue weighted by atomic mass is 9.90. The van der Waals surface area contributed by atoms with E-state index in [0.29, 0.717) is 19.3 Å². The second-order valence-corrected chi connectivity index (χ2v) is 27.9. The fourth-order valence-electron chi connectivity index (χ4n) is 10.7. The van der Waals surface area contributed by atoms with Crippen molar-refractivity contribution in [3.05, 3.63) is 25.3 Å². The normalized spacial score (nSPS) is 15.5. The Hall–Kier alpha value is -9.44. The number of hydrogen-bond acceptors (Lipinski definition) is 17. The fraction of sp³-hybridized carbons (Fsp3) is 0.706. The first-order valence-electron chi connectivity index (χ1n) is 35.2. The Kier molecular flexibility index (Phi) is 43.3. The zero-order valence-corrected chi connectivity index (χ0v) is 62.4. The summed E-state index contributed by atoms with van der Waals surface area (Å²) in [6, 6.07) is -13.1. The summed E-state index contributed by atoms with van der Waals surface area (Å²) < 4.78 is 0. The molecule has 35 nitrogen and oxygen atoms in total. The van der Waals surface area contributed by atoms with Crippen LogP contribution in [0.2, 0.25) is 0 Å². The number of aliphatic hydroxyl groups is 1. The van der Waals surface area contributed by atoms with Gasteiger partial charge in [-0.1, -0.05) is 74.0 Å². The number of allylic oxidation sites excluding steroid dienone is 2. The molecule has 0 spiro atoms. The van der Waals surface area contributed by atoms with Crippen LogP contribution in [-0.2, 0) is 67.1 Å². The van der Waals surface area contributed by atoms with Crippen LogP contribution in [0.25, 0.3) is 0 Å². The number of unbranched alkanes of at least 4 members (excludes halogenated alkanes) is 2. The lowest BCUT2D eigenvalue weighted by Gasteiger charge is -2.35. The largest absolute Gasteiger partial charge is 0.391 e. The molecule has 26 N–H and O–H groups in total. The highest BCUT2D eigenvalue weighted by Gasteiger charge is 2.43. The fourth-order valence-corrected chi connectivity index (χ4v) is 10.7. The molecule has 0 saturated carbocycles. The van der Waals surface area contributed by atoms with E-state index < -0.39 is 179 Å². The van der Waals surface area contributed by atoms with Gasteiger partial charge in [-0.25, -0.2) is 0 Å². The molecule has 0 aliphatic rings. The minimum absolute atomic E-state index is 0.0109. The van der Waals surface area contributed by atoms with Crippen LogP contribution in [0.1, 0.15) is 199 Å². The van der Waals surface area contributed by atoms with Crippen LogP contribution in [0, 0.1) is 23.7 Å². The van der Waals surface area contributed by atoms with Crippen molar-refractivity contribution >= 4 is 94.6 Å². The van der Waals surface area contributed by atoms with Crippen molar-refractivity contribution in [1.29, 1.82) is 0 Å². The van der Waals surface area contributed by atoms with Crippen LogP contribution in [0.5, 0.6) is 0 Å².